The molecule has 7 nitrogen and oxygen atoms in total. The number of carbonyl (C=O) groups is 1. The fourth-order valence-electron chi connectivity index (χ4n) is 2.68. The molecule has 1 fully saturated rings. The van der Waals surface area contributed by atoms with E-state index in [0.717, 1.165) is 44.2 Å². The molecule has 7 heteroatoms. The Morgan fingerprint density at radius 1 is 1.25 bits per heavy atom. The first kappa shape index (κ1) is 16.5. The van der Waals surface area contributed by atoms with Crippen LogP contribution in [0.1, 0.15) is 10.5 Å². The second-order valence-corrected chi connectivity index (χ2v) is 5.69. The number of hydrogen-bond donors (Lipinski definition) is 2. The van der Waals surface area contributed by atoms with Crippen molar-refractivity contribution in [3.63, 3.8) is 0 Å². The molecule has 1 aliphatic rings. The zero-order valence-electron chi connectivity index (χ0n) is 13.9. The molecule has 0 unspecified atom stereocenters. The minimum atomic E-state index is -0.141. The molecule has 0 atom stereocenters. The number of nitrogens with one attached hydrogen (secondary N) is 2. The molecule has 0 bridgehead atoms. The number of nitrogens with zero attached hydrogens (tertiary/aromatic N) is 3. The average Bonchev–Trinajstić information content (AvgIpc) is 3.13. The van der Waals surface area contributed by atoms with Crippen molar-refractivity contribution in [1.29, 1.82) is 0 Å². The fraction of sp³-hybridized carbons (Fsp3) is 0.412. The Morgan fingerprint density at radius 3 is 2.71 bits per heavy atom. The molecule has 2 heterocycles. The number of benzene rings is 1. The van der Waals surface area contributed by atoms with Crippen LogP contribution in [0, 0.1) is 0 Å². The first-order valence-electron chi connectivity index (χ1n) is 8.17. The van der Waals surface area contributed by atoms with Gasteiger partial charge in [0.25, 0.3) is 5.91 Å². The van der Waals surface area contributed by atoms with Gasteiger partial charge in [0.15, 0.2) is 5.69 Å². The SMILES string of the molecule is COc1ccc(-n2ccc(C(=O)NCCN3CCNCC3)n2)cc1. The number of rotatable bonds is 6. The van der Waals surface area contributed by atoms with E-state index in [4.69, 9.17) is 4.74 Å². The van der Waals surface area contributed by atoms with Crippen LogP contribution in [0.3, 0.4) is 0 Å². The Balaban J connectivity index is 1.53. The first-order chi connectivity index (χ1) is 11.8. The van der Waals surface area contributed by atoms with Gasteiger partial charge >= 0.3 is 0 Å². The highest BCUT2D eigenvalue weighted by molar-refractivity contribution is 5.92. The largest absolute Gasteiger partial charge is 0.497 e. The molecule has 3 rings (SSSR count). The van der Waals surface area contributed by atoms with Crippen LogP contribution in [-0.2, 0) is 0 Å². The number of piperazine rings is 1. The monoisotopic (exact) mass is 329 g/mol. The maximum Gasteiger partial charge on any atom is 0.271 e. The zero-order chi connectivity index (χ0) is 16.8. The fourth-order valence-corrected chi connectivity index (χ4v) is 2.68. The average molecular weight is 329 g/mol. The highest BCUT2D eigenvalue weighted by Crippen LogP contribution is 2.14. The lowest BCUT2D eigenvalue weighted by molar-refractivity contribution is 0.0942. The highest BCUT2D eigenvalue weighted by Gasteiger charge is 2.12. The van der Waals surface area contributed by atoms with Crippen molar-refractivity contribution in [2.45, 2.75) is 0 Å². The maximum absolute atomic E-state index is 12.2. The Morgan fingerprint density at radius 2 is 2.00 bits per heavy atom. The third-order valence-electron chi connectivity index (χ3n) is 4.08. The quantitative estimate of drug-likeness (QED) is 0.808. The van der Waals surface area contributed by atoms with Crippen LogP contribution in [0.4, 0.5) is 0 Å². The minimum Gasteiger partial charge on any atom is -0.497 e. The summed E-state index contributed by atoms with van der Waals surface area (Å²) in [5, 5.41) is 10.6. The lowest BCUT2D eigenvalue weighted by Gasteiger charge is -2.26. The van der Waals surface area contributed by atoms with Crippen molar-refractivity contribution in [3.05, 3.63) is 42.2 Å². The molecule has 0 aliphatic carbocycles. The topological polar surface area (TPSA) is 71.4 Å². The van der Waals surface area contributed by atoms with E-state index < -0.39 is 0 Å². The molecule has 24 heavy (non-hydrogen) atoms. The van der Waals surface area contributed by atoms with Gasteiger partial charge in [-0.2, -0.15) is 5.10 Å². The molecule has 2 N–H and O–H groups in total. The molecule has 0 spiro atoms. The van der Waals surface area contributed by atoms with Crippen molar-refractivity contribution in [1.82, 2.24) is 25.3 Å². The molecule has 1 amide bonds. The molecule has 1 aliphatic heterocycles. The number of hydrogen-bond acceptors (Lipinski definition) is 5. The van der Waals surface area contributed by atoms with Crippen molar-refractivity contribution in [3.8, 4) is 11.4 Å². The van der Waals surface area contributed by atoms with Gasteiger partial charge in [0.2, 0.25) is 0 Å². The number of methoxy groups -OCH3 is 1. The summed E-state index contributed by atoms with van der Waals surface area (Å²) < 4.78 is 6.83. The summed E-state index contributed by atoms with van der Waals surface area (Å²) >= 11 is 0. The molecular weight excluding hydrogens is 306 g/mol. The van der Waals surface area contributed by atoms with E-state index in [1.807, 2.05) is 24.3 Å². The Hall–Kier alpha value is -2.38. The standard InChI is InChI=1S/C17H23N5O2/c1-24-15-4-2-14(3-5-15)22-10-6-16(20-22)17(23)19-9-13-21-11-7-18-8-12-21/h2-6,10,18H,7-9,11-13H2,1H3,(H,19,23). The predicted molar refractivity (Wildman–Crippen MR) is 91.8 cm³/mol. The second-order valence-electron chi connectivity index (χ2n) is 5.69. The van der Waals surface area contributed by atoms with Gasteiger partial charge in [-0.3, -0.25) is 9.69 Å². The van der Waals surface area contributed by atoms with Gasteiger partial charge in [0, 0.05) is 45.5 Å². The van der Waals surface area contributed by atoms with Crippen molar-refractivity contribution in [2.75, 3.05) is 46.4 Å². The van der Waals surface area contributed by atoms with Crippen molar-refractivity contribution < 1.29 is 9.53 Å². The van der Waals surface area contributed by atoms with Crippen LogP contribution in [0.25, 0.3) is 5.69 Å². The van der Waals surface area contributed by atoms with Gasteiger partial charge in [-0.1, -0.05) is 0 Å². The summed E-state index contributed by atoms with van der Waals surface area (Å²) in [7, 11) is 1.63. The van der Waals surface area contributed by atoms with Gasteiger partial charge in [-0.15, -0.1) is 0 Å². The molecule has 0 saturated carbocycles. The second kappa shape index (κ2) is 7.94. The smallest absolute Gasteiger partial charge is 0.271 e. The van der Waals surface area contributed by atoms with Crippen LogP contribution in [-0.4, -0.2) is 67.0 Å². The van der Waals surface area contributed by atoms with Gasteiger partial charge in [0.1, 0.15) is 5.75 Å². The van der Waals surface area contributed by atoms with Gasteiger partial charge < -0.3 is 15.4 Å². The highest BCUT2D eigenvalue weighted by atomic mass is 16.5. The van der Waals surface area contributed by atoms with Crippen LogP contribution in [0.5, 0.6) is 5.75 Å². The molecule has 128 valence electrons. The first-order valence-corrected chi connectivity index (χ1v) is 8.17. The van der Waals surface area contributed by atoms with Crippen LogP contribution < -0.4 is 15.4 Å². The lowest BCUT2D eigenvalue weighted by Crippen LogP contribution is -2.46. The van der Waals surface area contributed by atoms with E-state index in [-0.39, 0.29) is 5.91 Å². The van der Waals surface area contributed by atoms with Crippen LogP contribution in [0.15, 0.2) is 36.5 Å². The van der Waals surface area contributed by atoms with Gasteiger partial charge in [0.05, 0.1) is 12.8 Å². The Kier molecular flexibility index (Phi) is 5.45. The third-order valence-corrected chi connectivity index (χ3v) is 4.08. The molecular formula is C17H23N5O2. The molecule has 1 aromatic carbocycles. The van der Waals surface area contributed by atoms with E-state index in [0.29, 0.717) is 12.2 Å². The number of amides is 1. The normalized spacial score (nSPS) is 15.2. The van der Waals surface area contributed by atoms with Crippen LogP contribution in [0.2, 0.25) is 0 Å². The van der Waals surface area contributed by atoms with Gasteiger partial charge in [-0.05, 0) is 30.3 Å². The summed E-state index contributed by atoms with van der Waals surface area (Å²) in [5.74, 6) is 0.647. The summed E-state index contributed by atoms with van der Waals surface area (Å²) in [5.41, 5.74) is 1.31. The lowest BCUT2D eigenvalue weighted by atomic mass is 10.3. The van der Waals surface area contributed by atoms with E-state index in [9.17, 15) is 4.79 Å². The number of aromatic nitrogens is 2. The van der Waals surface area contributed by atoms with Gasteiger partial charge in [-0.25, -0.2) is 4.68 Å². The summed E-state index contributed by atoms with van der Waals surface area (Å²) in [6.07, 6.45) is 1.78. The molecule has 1 saturated heterocycles. The van der Waals surface area contributed by atoms with Crippen molar-refractivity contribution in [2.24, 2.45) is 0 Å². The molecule has 0 radical (unpaired) electrons. The Bertz CT molecular complexity index is 662. The predicted octanol–water partition coefficient (Wildman–Crippen LogP) is 0.516. The number of carbonyl (C=O) groups excluding carboxylic acids is 1. The Labute approximate surface area is 141 Å². The summed E-state index contributed by atoms with van der Waals surface area (Å²) in [6.45, 7) is 5.59. The summed E-state index contributed by atoms with van der Waals surface area (Å²) in [4.78, 5) is 14.5. The number of ether oxygens (including phenoxy) is 1. The van der Waals surface area contributed by atoms with Crippen LogP contribution >= 0.6 is 0 Å². The van der Waals surface area contributed by atoms with E-state index in [1.165, 1.54) is 0 Å². The maximum atomic E-state index is 12.2. The van der Waals surface area contributed by atoms with E-state index >= 15 is 0 Å². The van der Waals surface area contributed by atoms with E-state index in [1.54, 1.807) is 24.1 Å². The molecule has 2 aromatic rings. The van der Waals surface area contributed by atoms with Crippen molar-refractivity contribution >= 4 is 5.91 Å². The van der Waals surface area contributed by atoms with E-state index in [2.05, 4.69) is 20.6 Å². The third kappa shape index (κ3) is 4.12. The summed E-state index contributed by atoms with van der Waals surface area (Å²) in [6, 6.07) is 9.26. The zero-order valence-corrected chi connectivity index (χ0v) is 13.9. The molecule has 1 aromatic heterocycles. The minimum absolute atomic E-state index is 0.141.